The maximum Gasteiger partial charge on any atom is 0.257 e. The second kappa shape index (κ2) is 10.00. The average molecular weight is 507 g/mol. The molecular formula is C24H19Cl3FN3O2. The molecule has 1 N–H and O–H groups in total. The molecule has 0 unspecified atom stereocenters. The summed E-state index contributed by atoms with van der Waals surface area (Å²) in [4.78, 5) is 29.2. The number of halogens is 4. The Morgan fingerprint density at radius 2 is 1.48 bits per heavy atom. The number of hydrogen-bond acceptors (Lipinski definition) is 3. The number of carbonyl (C=O) groups is 2. The number of nitrogens with one attached hydrogen (secondary N) is 1. The molecule has 3 aromatic rings. The molecule has 170 valence electrons. The molecule has 9 heteroatoms. The largest absolute Gasteiger partial charge is 0.366 e. The number of hydrogen-bond donors (Lipinski definition) is 1. The van der Waals surface area contributed by atoms with Gasteiger partial charge in [0.1, 0.15) is 5.82 Å². The van der Waals surface area contributed by atoms with E-state index in [-0.39, 0.29) is 22.1 Å². The lowest BCUT2D eigenvalue weighted by Crippen LogP contribution is -2.49. The van der Waals surface area contributed by atoms with Gasteiger partial charge in [0.2, 0.25) is 0 Å². The fraction of sp³-hybridized carbons (Fsp3) is 0.167. The van der Waals surface area contributed by atoms with Crippen molar-refractivity contribution in [2.75, 3.05) is 36.4 Å². The molecule has 4 rings (SSSR count). The van der Waals surface area contributed by atoms with Crippen molar-refractivity contribution in [3.05, 3.63) is 92.7 Å². The maximum absolute atomic E-state index is 14.0. The molecule has 1 saturated heterocycles. The van der Waals surface area contributed by atoms with Crippen LogP contribution in [-0.2, 0) is 0 Å². The van der Waals surface area contributed by atoms with Gasteiger partial charge in [-0.2, -0.15) is 0 Å². The molecule has 0 spiro atoms. The van der Waals surface area contributed by atoms with Crippen LogP contribution in [0.1, 0.15) is 20.7 Å². The second-order valence-electron chi connectivity index (χ2n) is 7.50. The minimum Gasteiger partial charge on any atom is -0.366 e. The zero-order chi connectivity index (χ0) is 23.5. The fourth-order valence-electron chi connectivity index (χ4n) is 3.70. The number of piperazine rings is 1. The van der Waals surface area contributed by atoms with Crippen LogP contribution in [0.5, 0.6) is 0 Å². The van der Waals surface area contributed by atoms with Gasteiger partial charge in [-0.05, 0) is 48.5 Å². The van der Waals surface area contributed by atoms with Crippen molar-refractivity contribution >= 4 is 58.0 Å². The van der Waals surface area contributed by atoms with Gasteiger partial charge in [-0.3, -0.25) is 9.59 Å². The minimum atomic E-state index is -0.534. The highest BCUT2D eigenvalue weighted by Crippen LogP contribution is 2.31. The van der Waals surface area contributed by atoms with Gasteiger partial charge in [-0.25, -0.2) is 4.39 Å². The molecule has 0 atom stereocenters. The Kier molecular flexibility index (Phi) is 7.08. The summed E-state index contributed by atoms with van der Waals surface area (Å²) >= 11 is 18.3. The molecule has 3 aromatic carbocycles. The van der Waals surface area contributed by atoms with Crippen LogP contribution in [0.3, 0.4) is 0 Å². The molecule has 5 nitrogen and oxygen atoms in total. The highest BCUT2D eigenvalue weighted by atomic mass is 35.5. The van der Waals surface area contributed by atoms with Gasteiger partial charge in [0.15, 0.2) is 0 Å². The highest BCUT2D eigenvalue weighted by Gasteiger charge is 2.25. The van der Waals surface area contributed by atoms with Crippen LogP contribution in [0.4, 0.5) is 15.8 Å². The smallest absolute Gasteiger partial charge is 0.257 e. The van der Waals surface area contributed by atoms with E-state index < -0.39 is 11.7 Å². The summed E-state index contributed by atoms with van der Waals surface area (Å²) in [6.07, 6.45) is 0. The highest BCUT2D eigenvalue weighted by molar-refractivity contribution is 6.37. The standard InChI is InChI=1S/C24H19Cl3FN3O2/c25-15-5-7-17(19(27)13-15)23(32)29-21-14-16(26)6-8-22(21)30-9-11-31(12-10-30)24(33)18-3-1-2-4-20(18)28/h1-8,13-14H,9-12H2,(H,29,32). The van der Waals surface area contributed by atoms with E-state index in [1.807, 2.05) is 11.0 Å². The van der Waals surface area contributed by atoms with Crippen molar-refractivity contribution in [2.45, 2.75) is 0 Å². The molecule has 0 radical (unpaired) electrons. The van der Waals surface area contributed by atoms with Gasteiger partial charge >= 0.3 is 0 Å². The molecule has 33 heavy (non-hydrogen) atoms. The van der Waals surface area contributed by atoms with Crippen LogP contribution < -0.4 is 10.2 Å². The molecule has 1 aliphatic rings. The van der Waals surface area contributed by atoms with Crippen LogP contribution in [0, 0.1) is 5.82 Å². The zero-order valence-corrected chi connectivity index (χ0v) is 19.6. The number of rotatable bonds is 4. The normalized spacial score (nSPS) is 13.7. The zero-order valence-electron chi connectivity index (χ0n) is 17.3. The van der Waals surface area contributed by atoms with Crippen molar-refractivity contribution in [3.63, 3.8) is 0 Å². The Hall–Kier alpha value is -2.80. The lowest BCUT2D eigenvalue weighted by atomic mass is 10.1. The Balaban J connectivity index is 1.50. The predicted molar refractivity (Wildman–Crippen MR) is 130 cm³/mol. The van der Waals surface area contributed by atoms with Crippen LogP contribution in [0.2, 0.25) is 15.1 Å². The Morgan fingerprint density at radius 3 is 2.18 bits per heavy atom. The third kappa shape index (κ3) is 5.24. The molecule has 0 aliphatic carbocycles. The molecule has 2 amide bonds. The topological polar surface area (TPSA) is 52.7 Å². The number of carbonyl (C=O) groups excluding carboxylic acids is 2. The number of amides is 2. The van der Waals surface area contributed by atoms with Gasteiger partial charge in [-0.1, -0.05) is 46.9 Å². The first kappa shape index (κ1) is 23.4. The summed E-state index contributed by atoms with van der Waals surface area (Å²) in [6, 6.07) is 15.8. The summed E-state index contributed by atoms with van der Waals surface area (Å²) in [5.41, 5.74) is 1.63. The number of nitrogens with zero attached hydrogens (tertiary/aromatic N) is 2. The molecule has 1 fully saturated rings. The number of benzene rings is 3. The maximum atomic E-state index is 14.0. The first-order valence-corrected chi connectivity index (χ1v) is 11.3. The molecular weight excluding hydrogens is 488 g/mol. The summed E-state index contributed by atoms with van der Waals surface area (Å²) in [6.45, 7) is 1.83. The van der Waals surface area contributed by atoms with Crippen LogP contribution >= 0.6 is 34.8 Å². The van der Waals surface area contributed by atoms with Gasteiger partial charge < -0.3 is 15.1 Å². The van der Waals surface area contributed by atoms with Crippen LogP contribution in [-0.4, -0.2) is 42.9 Å². The second-order valence-corrected chi connectivity index (χ2v) is 8.78. The van der Waals surface area contributed by atoms with Crippen molar-refractivity contribution in [3.8, 4) is 0 Å². The van der Waals surface area contributed by atoms with Gasteiger partial charge in [0, 0.05) is 36.2 Å². The quantitative estimate of drug-likeness (QED) is 0.472. The summed E-state index contributed by atoms with van der Waals surface area (Å²) < 4.78 is 14.0. The minimum absolute atomic E-state index is 0.0604. The third-order valence-electron chi connectivity index (χ3n) is 5.39. The summed E-state index contributed by atoms with van der Waals surface area (Å²) in [7, 11) is 0. The molecule has 0 saturated carbocycles. The molecule has 0 aromatic heterocycles. The van der Waals surface area contributed by atoms with Crippen LogP contribution in [0.15, 0.2) is 60.7 Å². The Labute approximate surface area is 205 Å². The van der Waals surface area contributed by atoms with E-state index in [1.165, 1.54) is 18.2 Å². The van der Waals surface area contributed by atoms with E-state index in [4.69, 9.17) is 34.8 Å². The van der Waals surface area contributed by atoms with E-state index in [9.17, 15) is 14.0 Å². The SMILES string of the molecule is O=C(Nc1cc(Cl)ccc1N1CCN(C(=O)c2ccccc2F)CC1)c1ccc(Cl)cc1Cl. The predicted octanol–water partition coefficient (Wildman–Crippen LogP) is 6.00. The van der Waals surface area contributed by atoms with E-state index in [1.54, 1.807) is 41.3 Å². The average Bonchev–Trinajstić information content (AvgIpc) is 2.79. The van der Waals surface area contributed by atoms with Crippen LogP contribution in [0.25, 0.3) is 0 Å². The van der Waals surface area contributed by atoms with E-state index >= 15 is 0 Å². The lowest BCUT2D eigenvalue weighted by molar-refractivity contribution is 0.0742. The Morgan fingerprint density at radius 1 is 0.818 bits per heavy atom. The fourth-order valence-corrected chi connectivity index (χ4v) is 4.37. The van der Waals surface area contributed by atoms with Crippen molar-refractivity contribution in [1.82, 2.24) is 4.90 Å². The monoisotopic (exact) mass is 505 g/mol. The van der Waals surface area contributed by atoms with Gasteiger partial charge in [-0.15, -0.1) is 0 Å². The van der Waals surface area contributed by atoms with Gasteiger partial charge in [0.05, 0.1) is 27.5 Å². The van der Waals surface area contributed by atoms with E-state index in [2.05, 4.69) is 5.32 Å². The third-order valence-corrected chi connectivity index (χ3v) is 6.18. The van der Waals surface area contributed by atoms with Crippen molar-refractivity contribution in [2.24, 2.45) is 0 Å². The molecule has 1 heterocycles. The van der Waals surface area contributed by atoms with Gasteiger partial charge in [0.25, 0.3) is 11.8 Å². The summed E-state index contributed by atoms with van der Waals surface area (Å²) in [5, 5.41) is 4.01. The van der Waals surface area contributed by atoms with E-state index in [0.717, 1.165) is 5.69 Å². The lowest BCUT2D eigenvalue weighted by Gasteiger charge is -2.37. The van der Waals surface area contributed by atoms with E-state index in [0.29, 0.717) is 41.9 Å². The first-order valence-electron chi connectivity index (χ1n) is 10.2. The first-order chi connectivity index (χ1) is 15.8. The summed E-state index contributed by atoms with van der Waals surface area (Å²) in [5.74, 6) is -1.27. The number of anilines is 2. The Bertz CT molecular complexity index is 1210. The van der Waals surface area contributed by atoms with Crippen molar-refractivity contribution < 1.29 is 14.0 Å². The molecule has 0 bridgehead atoms. The molecule has 1 aliphatic heterocycles. The van der Waals surface area contributed by atoms with Crippen molar-refractivity contribution in [1.29, 1.82) is 0 Å².